The third-order valence-corrected chi connectivity index (χ3v) is 4.43. The van der Waals surface area contributed by atoms with Gasteiger partial charge in [-0.25, -0.2) is 0 Å². The molecule has 0 amide bonds. The second-order valence-corrected chi connectivity index (χ2v) is 5.97. The maximum Gasteiger partial charge on any atom is 0.0836 e. The van der Waals surface area contributed by atoms with Crippen LogP contribution in [-0.4, -0.2) is 28.0 Å². The third-order valence-electron chi connectivity index (χ3n) is 4.43. The van der Waals surface area contributed by atoms with Gasteiger partial charge < -0.3 is 10.5 Å². The fourth-order valence-corrected chi connectivity index (χ4v) is 3.14. The molecule has 1 atom stereocenters. The lowest BCUT2D eigenvalue weighted by Gasteiger charge is -2.43. The van der Waals surface area contributed by atoms with Crippen LogP contribution in [0.1, 0.15) is 45.2 Å². The van der Waals surface area contributed by atoms with Crippen LogP contribution in [-0.2, 0) is 18.2 Å². The normalized spacial score (nSPS) is 29.4. The Morgan fingerprint density at radius 2 is 2.21 bits per heavy atom. The van der Waals surface area contributed by atoms with Gasteiger partial charge in [0.2, 0.25) is 0 Å². The predicted molar refractivity (Wildman–Crippen MR) is 76.9 cm³/mol. The van der Waals surface area contributed by atoms with Gasteiger partial charge in [-0.1, -0.05) is 6.92 Å². The maximum absolute atomic E-state index is 6.48. The highest BCUT2D eigenvalue weighted by molar-refractivity contribution is 5.06. The van der Waals surface area contributed by atoms with Crippen LogP contribution in [0.3, 0.4) is 0 Å². The third kappa shape index (κ3) is 3.37. The maximum atomic E-state index is 6.48. The highest BCUT2D eigenvalue weighted by Crippen LogP contribution is 2.37. The number of nitrogens with two attached hydrogens (primary N) is 1. The standard InChI is InChI=1S/C15H27N3O/c1-4-19-15(8-5-12(2)6-9-15)14(16)11-13-7-10-18(3)17-13/h7,10,12,14H,4-6,8-9,11,16H2,1-3H3. The van der Waals surface area contributed by atoms with Gasteiger partial charge in [-0.15, -0.1) is 0 Å². The Kier molecular flexibility index (Phi) is 4.63. The molecule has 0 spiro atoms. The zero-order valence-electron chi connectivity index (χ0n) is 12.4. The van der Waals surface area contributed by atoms with Crippen molar-refractivity contribution in [2.45, 2.75) is 57.6 Å². The van der Waals surface area contributed by atoms with Gasteiger partial charge in [0.1, 0.15) is 0 Å². The van der Waals surface area contributed by atoms with Crippen LogP contribution < -0.4 is 5.73 Å². The van der Waals surface area contributed by atoms with Gasteiger partial charge in [0.15, 0.2) is 0 Å². The van der Waals surface area contributed by atoms with Crippen LogP contribution in [0.2, 0.25) is 0 Å². The molecular weight excluding hydrogens is 238 g/mol. The number of hydrogen-bond donors (Lipinski definition) is 1. The molecule has 1 aliphatic carbocycles. The Labute approximate surface area is 116 Å². The highest BCUT2D eigenvalue weighted by atomic mass is 16.5. The molecule has 1 fully saturated rings. The molecule has 108 valence electrons. The first-order valence-corrected chi connectivity index (χ1v) is 7.44. The van der Waals surface area contributed by atoms with Crippen LogP contribution in [0.5, 0.6) is 0 Å². The van der Waals surface area contributed by atoms with Crippen molar-refractivity contribution in [1.29, 1.82) is 0 Å². The summed E-state index contributed by atoms with van der Waals surface area (Å²) in [7, 11) is 1.94. The predicted octanol–water partition coefficient (Wildman–Crippen LogP) is 2.28. The van der Waals surface area contributed by atoms with Gasteiger partial charge in [0, 0.05) is 32.3 Å². The number of ether oxygens (including phenoxy) is 1. The van der Waals surface area contributed by atoms with E-state index in [0.717, 1.165) is 37.5 Å². The second-order valence-electron chi connectivity index (χ2n) is 5.97. The lowest BCUT2D eigenvalue weighted by Crippen LogP contribution is -2.53. The number of aryl methyl sites for hydroxylation is 1. The Morgan fingerprint density at radius 1 is 1.53 bits per heavy atom. The van der Waals surface area contributed by atoms with E-state index in [1.54, 1.807) is 0 Å². The molecule has 1 aromatic rings. The van der Waals surface area contributed by atoms with Crippen molar-refractivity contribution < 1.29 is 4.74 Å². The minimum absolute atomic E-state index is 0.0369. The smallest absolute Gasteiger partial charge is 0.0836 e. The number of hydrogen-bond acceptors (Lipinski definition) is 3. The van der Waals surface area contributed by atoms with Crippen LogP contribution in [0.25, 0.3) is 0 Å². The molecule has 1 heterocycles. The fourth-order valence-electron chi connectivity index (χ4n) is 3.14. The number of rotatable bonds is 5. The van der Waals surface area contributed by atoms with Gasteiger partial charge in [0.05, 0.1) is 11.3 Å². The van der Waals surface area contributed by atoms with Crippen molar-refractivity contribution in [3.63, 3.8) is 0 Å². The molecule has 0 radical (unpaired) electrons. The Bertz CT molecular complexity index is 394. The average molecular weight is 265 g/mol. The van der Waals surface area contributed by atoms with Gasteiger partial charge >= 0.3 is 0 Å². The molecule has 4 nitrogen and oxygen atoms in total. The molecule has 1 saturated carbocycles. The molecule has 19 heavy (non-hydrogen) atoms. The van der Waals surface area contributed by atoms with Crippen molar-refractivity contribution in [2.75, 3.05) is 6.61 Å². The minimum atomic E-state index is -0.140. The van der Waals surface area contributed by atoms with E-state index in [2.05, 4.69) is 18.9 Å². The van der Waals surface area contributed by atoms with E-state index in [1.165, 1.54) is 12.8 Å². The van der Waals surface area contributed by atoms with Gasteiger partial charge in [-0.05, 0) is 44.6 Å². The lowest BCUT2D eigenvalue weighted by molar-refractivity contribution is -0.0885. The average Bonchev–Trinajstić information content (AvgIpc) is 2.78. The molecule has 2 rings (SSSR count). The first kappa shape index (κ1) is 14.5. The monoisotopic (exact) mass is 265 g/mol. The molecule has 2 N–H and O–H groups in total. The SMILES string of the molecule is CCOC1(C(N)Cc2ccn(C)n2)CCC(C)CC1. The topological polar surface area (TPSA) is 53.1 Å². The van der Waals surface area contributed by atoms with Crippen LogP contribution in [0.15, 0.2) is 12.3 Å². The Hall–Kier alpha value is -0.870. The van der Waals surface area contributed by atoms with Gasteiger partial charge in [-0.2, -0.15) is 5.10 Å². The summed E-state index contributed by atoms with van der Waals surface area (Å²) < 4.78 is 7.93. The van der Waals surface area contributed by atoms with Crippen LogP contribution in [0, 0.1) is 5.92 Å². The van der Waals surface area contributed by atoms with Crippen molar-refractivity contribution in [1.82, 2.24) is 9.78 Å². The van der Waals surface area contributed by atoms with Crippen LogP contribution in [0.4, 0.5) is 0 Å². The molecular formula is C15H27N3O. The first-order chi connectivity index (χ1) is 9.05. The van der Waals surface area contributed by atoms with Gasteiger partial charge in [-0.3, -0.25) is 4.68 Å². The summed E-state index contributed by atoms with van der Waals surface area (Å²) in [4.78, 5) is 0. The summed E-state index contributed by atoms with van der Waals surface area (Å²) in [5, 5.41) is 4.43. The zero-order chi connectivity index (χ0) is 13.9. The van der Waals surface area contributed by atoms with Crippen LogP contribution >= 0.6 is 0 Å². The van der Waals surface area contributed by atoms with E-state index >= 15 is 0 Å². The summed E-state index contributed by atoms with van der Waals surface area (Å²) in [5.41, 5.74) is 7.40. The molecule has 1 unspecified atom stereocenters. The summed E-state index contributed by atoms with van der Waals surface area (Å²) in [6.45, 7) is 5.12. The Morgan fingerprint density at radius 3 is 2.74 bits per heavy atom. The molecule has 1 aliphatic rings. The molecule has 1 aromatic heterocycles. The molecule has 0 bridgehead atoms. The van der Waals surface area contributed by atoms with Crippen molar-refractivity contribution in [3.8, 4) is 0 Å². The summed E-state index contributed by atoms with van der Waals surface area (Å²) in [6.07, 6.45) is 7.37. The highest BCUT2D eigenvalue weighted by Gasteiger charge is 2.40. The first-order valence-electron chi connectivity index (χ1n) is 7.44. The molecule has 0 aromatic carbocycles. The van der Waals surface area contributed by atoms with Crippen molar-refractivity contribution in [3.05, 3.63) is 18.0 Å². The van der Waals surface area contributed by atoms with E-state index < -0.39 is 0 Å². The molecule has 4 heteroatoms. The van der Waals surface area contributed by atoms with Gasteiger partial charge in [0.25, 0.3) is 0 Å². The number of aromatic nitrogens is 2. The lowest BCUT2D eigenvalue weighted by atomic mass is 9.74. The largest absolute Gasteiger partial charge is 0.374 e. The van der Waals surface area contributed by atoms with E-state index in [1.807, 2.05) is 24.0 Å². The van der Waals surface area contributed by atoms with E-state index in [9.17, 15) is 0 Å². The minimum Gasteiger partial charge on any atom is -0.374 e. The van der Waals surface area contributed by atoms with E-state index in [-0.39, 0.29) is 11.6 Å². The van der Waals surface area contributed by atoms with E-state index in [0.29, 0.717) is 0 Å². The van der Waals surface area contributed by atoms with Crippen molar-refractivity contribution >= 4 is 0 Å². The molecule has 0 saturated heterocycles. The van der Waals surface area contributed by atoms with E-state index in [4.69, 9.17) is 10.5 Å². The molecule has 0 aliphatic heterocycles. The zero-order valence-corrected chi connectivity index (χ0v) is 12.4. The fraction of sp³-hybridized carbons (Fsp3) is 0.800. The summed E-state index contributed by atoms with van der Waals surface area (Å²) in [6, 6.07) is 2.08. The second kappa shape index (κ2) is 6.06. The van der Waals surface area contributed by atoms with Crippen molar-refractivity contribution in [2.24, 2.45) is 18.7 Å². The summed E-state index contributed by atoms with van der Waals surface area (Å²) >= 11 is 0. The quantitative estimate of drug-likeness (QED) is 0.888. The summed E-state index contributed by atoms with van der Waals surface area (Å²) in [5.74, 6) is 0.802. The Balaban J connectivity index is 2.05. The number of nitrogens with zero attached hydrogens (tertiary/aromatic N) is 2.